The number of carbonyl (C=O) groups is 2. The summed E-state index contributed by atoms with van der Waals surface area (Å²) in [6.07, 6.45) is -8.71. The van der Waals surface area contributed by atoms with Gasteiger partial charge in [-0.2, -0.15) is 26.3 Å². The Labute approximate surface area is 210 Å². The van der Waals surface area contributed by atoms with E-state index in [2.05, 4.69) is 0 Å². The number of urea groups is 1. The first kappa shape index (κ1) is 28.5. The molecule has 6 nitrogen and oxygen atoms in total. The maximum absolute atomic E-state index is 13.8. The van der Waals surface area contributed by atoms with E-state index in [-0.39, 0.29) is 39.0 Å². The lowest BCUT2D eigenvalue weighted by molar-refractivity contribution is -0.138. The molecule has 0 aliphatic carbocycles. The van der Waals surface area contributed by atoms with Crippen molar-refractivity contribution in [2.75, 3.05) is 26.2 Å². The van der Waals surface area contributed by atoms with Crippen LogP contribution < -0.4 is 11.5 Å². The van der Waals surface area contributed by atoms with Crippen LogP contribution in [0, 0.1) is 0 Å². The van der Waals surface area contributed by atoms with E-state index in [1.165, 1.54) is 29.2 Å². The minimum atomic E-state index is -4.55. The van der Waals surface area contributed by atoms with E-state index < -0.39 is 41.0 Å². The zero-order valence-corrected chi connectivity index (χ0v) is 19.9. The number of rotatable bonds is 10. The van der Waals surface area contributed by atoms with Crippen molar-refractivity contribution in [3.05, 3.63) is 70.8 Å². The van der Waals surface area contributed by atoms with Gasteiger partial charge in [0.05, 0.1) is 11.1 Å². The van der Waals surface area contributed by atoms with Gasteiger partial charge in [-0.25, -0.2) is 4.79 Å². The van der Waals surface area contributed by atoms with Crippen molar-refractivity contribution in [3.63, 3.8) is 0 Å². The topological polar surface area (TPSA) is 92.7 Å². The fourth-order valence-electron chi connectivity index (χ4n) is 4.49. The molecule has 2 aromatic rings. The third-order valence-corrected chi connectivity index (χ3v) is 6.35. The van der Waals surface area contributed by atoms with Gasteiger partial charge >= 0.3 is 18.4 Å². The average Bonchev–Trinajstić information content (AvgIpc) is 3.01. The van der Waals surface area contributed by atoms with Crippen molar-refractivity contribution in [3.8, 4) is 0 Å². The number of nitrogens with zero attached hydrogens (tertiary/aromatic N) is 2. The fraction of sp³-hybridized carbons (Fsp3) is 0.440. The van der Waals surface area contributed by atoms with Gasteiger partial charge in [0, 0.05) is 25.9 Å². The largest absolute Gasteiger partial charge is 0.416 e. The van der Waals surface area contributed by atoms with E-state index in [0.717, 1.165) is 29.2 Å². The number of hydrogen-bond acceptors (Lipinski definition) is 4. The summed E-state index contributed by atoms with van der Waals surface area (Å²) in [5.41, 5.74) is 8.62. The summed E-state index contributed by atoms with van der Waals surface area (Å²) < 4.78 is 78.4. The summed E-state index contributed by atoms with van der Waals surface area (Å²) >= 11 is 0. The first-order chi connectivity index (χ1) is 17.3. The maximum atomic E-state index is 13.8. The molecule has 0 unspecified atom stereocenters. The molecule has 37 heavy (non-hydrogen) atoms. The summed E-state index contributed by atoms with van der Waals surface area (Å²) in [7, 11) is 0. The molecule has 3 rings (SSSR count). The molecule has 1 fully saturated rings. The van der Waals surface area contributed by atoms with Crippen LogP contribution >= 0.6 is 0 Å². The highest BCUT2D eigenvalue weighted by molar-refractivity contribution is 6.07. The number of amides is 3. The minimum absolute atomic E-state index is 0.0368. The van der Waals surface area contributed by atoms with E-state index in [1.54, 1.807) is 0 Å². The van der Waals surface area contributed by atoms with Crippen molar-refractivity contribution in [1.29, 1.82) is 0 Å². The predicted molar refractivity (Wildman–Crippen MR) is 124 cm³/mol. The monoisotopic (exact) mass is 530 g/mol. The minimum Gasteiger partial charge on any atom is -0.330 e. The summed E-state index contributed by atoms with van der Waals surface area (Å²) in [6, 6.07) is 7.90. The van der Waals surface area contributed by atoms with Crippen molar-refractivity contribution in [2.24, 2.45) is 11.5 Å². The molecule has 0 aromatic heterocycles. The predicted octanol–water partition coefficient (Wildman–Crippen LogP) is 4.21. The third-order valence-electron chi connectivity index (χ3n) is 6.35. The fourth-order valence-corrected chi connectivity index (χ4v) is 4.49. The van der Waals surface area contributed by atoms with E-state index in [9.17, 15) is 35.9 Å². The van der Waals surface area contributed by atoms with Gasteiger partial charge in [-0.3, -0.25) is 9.69 Å². The van der Waals surface area contributed by atoms with Gasteiger partial charge in [-0.15, -0.1) is 0 Å². The molecular weight excluding hydrogens is 502 g/mol. The Kier molecular flexibility index (Phi) is 8.53. The van der Waals surface area contributed by atoms with Gasteiger partial charge in [0.25, 0.3) is 5.91 Å². The standard InChI is InChI=1S/C25H28F6N4O2/c26-24(27,28)19-7-3-17(4-8-19)15-23(16-18-5-9-20(10-6-18)25(29,30)31)21(36)34(13-1-11-32)22(37)35(23)14-2-12-33/h3-10H,1-2,11-16,32-33H2. The van der Waals surface area contributed by atoms with E-state index in [4.69, 9.17) is 11.5 Å². The molecule has 0 radical (unpaired) electrons. The molecule has 1 heterocycles. The second kappa shape index (κ2) is 11.1. The molecule has 0 atom stereocenters. The van der Waals surface area contributed by atoms with Crippen LogP contribution in [-0.2, 0) is 30.0 Å². The van der Waals surface area contributed by atoms with E-state index in [0.29, 0.717) is 24.0 Å². The van der Waals surface area contributed by atoms with Gasteiger partial charge in [0.2, 0.25) is 0 Å². The van der Waals surface area contributed by atoms with Crippen molar-refractivity contribution < 1.29 is 35.9 Å². The van der Waals surface area contributed by atoms with Gasteiger partial charge < -0.3 is 16.4 Å². The summed E-state index contributed by atoms with van der Waals surface area (Å²) in [5, 5.41) is 0. The molecule has 2 aromatic carbocycles. The number of imide groups is 1. The highest BCUT2D eigenvalue weighted by atomic mass is 19.4. The van der Waals surface area contributed by atoms with Crippen LogP contribution in [0.25, 0.3) is 0 Å². The Morgan fingerprint density at radius 2 is 1.08 bits per heavy atom. The van der Waals surface area contributed by atoms with Crippen LogP contribution in [0.3, 0.4) is 0 Å². The van der Waals surface area contributed by atoms with Crippen LogP contribution in [-0.4, -0.2) is 53.5 Å². The number of benzene rings is 2. The van der Waals surface area contributed by atoms with Gasteiger partial charge in [0.15, 0.2) is 0 Å². The normalized spacial score (nSPS) is 16.1. The lowest BCUT2D eigenvalue weighted by Gasteiger charge is -2.36. The van der Waals surface area contributed by atoms with E-state index >= 15 is 0 Å². The van der Waals surface area contributed by atoms with Crippen molar-refractivity contribution in [2.45, 2.75) is 43.6 Å². The Morgan fingerprint density at radius 3 is 1.46 bits per heavy atom. The molecule has 4 N–H and O–H groups in total. The lowest BCUT2D eigenvalue weighted by atomic mass is 9.82. The molecule has 202 valence electrons. The molecular formula is C25H28F6N4O2. The average molecular weight is 531 g/mol. The van der Waals surface area contributed by atoms with Crippen molar-refractivity contribution in [1.82, 2.24) is 9.80 Å². The zero-order chi connectivity index (χ0) is 27.4. The third kappa shape index (κ3) is 6.24. The second-order valence-electron chi connectivity index (χ2n) is 8.95. The molecule has 12 heteroatoms. The smallest absolute Gasteiger partial charge is 0.330 e. The van der Waals surface area contributed by atoms with Crippen LogP contribution in [0.4, 0.5) is 31.1 Å². The summed E-state index contributed by atoms with van der Waals surface area (Å²) in [6.45, 7) is 0.540. The number of halogens is 6. The first-order valence-corrected chi connectivity index (χ1v) is 11.7. The number of hydrogen-bond donors (Lipinski definition) is 2. The zero-order valence-electron chi connectivity index (χ0n) is 19.9. The molecule has 3 amide bonds. The molecule has 0 saturated carbocycles. The summed E-state index contributed by atoms with van der Waals surface area (Å²) in [4.78, 5) is 29.6. The number of carbonyl (C=O) groups excluding carboxylic acids is 2. The highest BCUT2D eigenvalue weighted by Gasteiger charge is 2.56. The van der Waals surface area contributed by atoms with Crippen molar-refractivity contribution >= 4 is 11.9 Å². The van der Waals surface area contributed by atoms with Crippen LogP contribution in [0.2, 0.25) is 0 Å². The van der Waals surface area contributed by atoms with Gasteiger partial charge in [-0.05, 0) is 61.3 Å². The first-order valence-electron chi connectivity index (χ1n) is 11.7. The molecule has 1 aliphatic heterocycles. The maximum Gasteiger partial charge on any atom is 0.416 e. The van der Waals surface area contributed by atoms with Crippen LogP contribution in [0.5, 0.6) is 0 Å². The Hall–Kier alpha value is -3.12. The lowest BCUT2D eigenvalue weighted by Crippen LogP contribution is -2.54. The van der Waals surface area contributed by atoms with Crippen LogP contribution in [0.15, 0.2) is 48.5 Å². The van der Waals surface area contributed by atoms with Gasteiger partial charge in [-0.1, -0.05) is 24.3 Å². The Bertz CT molecular complexity index is 1020. The van der Waals surface area contributed by atoms with Gasteiger partial charge in [0.1, 0.15) is 5.54 Å². The molecule has 1 aliphatic rings. The Balaban J connectivity index is 2.07. The number of nitrogens with two attached hydrogens (primary N) is 2. The van der Waals surface area contributed by atoms with Crippen LogP contribution in [0.1, 0.15) is 35.1 Å². The summed E-state index contributed by atoms with van der Waals surface area (Å²) in [5.74, 6) is -0.581. The highest BCUT2D eigenvalue weighted by Crippen LogP contribution is 2.37. The molecule has 0 bridgehead atoms. The Morgan fingerprint density at radius 1 is 0.676 bits per heavy atom. The quantitative estimate of drug-likeness (QED) is 0.356. The molecule has 1 saturated heterocycles. The van der Waals surface area contributed by atoms with E-state index in [1.807, 2.05) is 0 Å². The molecule has 0 spiro atoms. The SMILES string of the molecule is NCCCN1C(=O)N(CCCN)C(Cc2ccc(C(F)(F)F)cc2)(Cc2ccc(C(F)(F)F)cc2)C1=O. The second-order valence-corrected chi connectivity index (χ2v) is 8.95. The number of alkyl halides is 6.